The second-order valence-electron chi connectivity index (χ2n) is 9.67. The Morgan fingerprint density at radius 1 is 0.949 bits per heavy atom. The number of ether oxygens (including phenoxy) is 3. The number of carbonyl (C=O) groups is 2. The molecule has 1 fully saturated rings. The molecular weight excluding hydrogens is 496 g/mol. The van der Waals surface area contributed by atoms with E-state index in [0.29, 0.717) is 48.1 Å². The first-order chi connectivity index (χ1) is 18.8. The van der Waals surface area contributed by atoms with Gasteiger partial charge in [-0.05, 0) is 67.9 Å². The maximum Gasteiger partial charge on any atom is 0.295 e. The Morgan fingerprint density at radius 3 is 2.26 bits per heavy atom. The molecule has 0 spiro atoms. The summed E-state index contributed by atoms with van der Waals surface area (Å²) in [5.41, 5.74) is 1.98. The lowest BCUT2D eigenvalue weighted by Crippen LogP contribution is -2.38. The Labute approximate surface area is 232 Å². The quantitative estimate of drug-likeness (QED) is 0.150. The van der Waals surface area contributed by atoms with Crippen LogP contribution in [0.25, 0.3) is 5.76 Å². The van der Waals surface area contributed by atoms with Gasteiger partial charge < -0.3 is 29.1 Å². The number of nitrogens with zero attached hydrogens (tertiary/aromatic N) is 2. The molecule has 0 aromatic heterocycles. The molecule has 1 aliphatic heterocycles. The van der Waals surface area contributed by atoms with Crippen molar-refractivity contribution in [1.29, 1.82) is 0 Å². The van der Waals surface area contributed by atoms with Crippen molar-refractivity contribution in [2.24, 2.45) is 0 Å². The summed E-state index contributed by atoms with van der Waals surface area (Å²) in [6.45, 7) is 11.3. The molecule has 1 atom stereocenters. The summed E-state index contributed by atoms with van der Waals surface area (Å²) in [6, 6.07) is 9.85. The predicted molar refractivity (Wildman–Crippen MR) is 153 cm³/mol. The van der Waals surface area contributed by atoms with E-state index in [1.54, 1.807) is 43.4 Å². The molecule has 2 aromatic carbocycles. The van der Waals surface area contributed by atoms with Crippen molar-refractivity contribution in [2.75, 3.05) is 47.0 Å². The molecule has 0 aliphatic carbocycles. The van der Waals surface area contributed by atoms with Crippen LogP contribution in [0.4, 0.5) is 0 Å². The fraction of sp³-hybridized carbons (Fsp3) is 0.484. The van der Waals surface area contributed by atoms with Crippen LogP contribution in [0.3, 0.4) is 0 Å². The third kappa shape index (κ3) is 6.74. The molecule has 1 heterocycles. The van der Waals surface area contributed by atoms with Crippen molar-refractivity contribution in [2.45, 2.75) is 53.0 Å². The second-order valence-corrected chi connectivity index (χ2v) is 9.67. The molecule has 0 saturated carbocycles. The summed E-state index contributed by atoms with van der Waals surface area (Å²) >= 11 is 0. The van der Waals surface area contributed by atoms with E-state index < -0.39 is 17.7 Å². The highest BCUT2D eigenvalue weighted by Crippen LogP contribution is 2.42. The largest absolute Gasteiger partial charge is 0.507 e. The molecule has 0 radical (unpaired) electrons. The zero-order valence-corrected chi connectivity index (χ0v) is 24.1. The van der Waals surface area contributed by atoms with Crippen LogP contribution >= 0.6 is 0 Å². The summed E-state index contributed by atoms with van der Waals surface area (Å²) < 4.78 is 16.9. The van der Waals surface area contributed by atoms with E-state index in [-0.39, 0.29) is 11.3 Å². The number of hydrogen-bond acceptors (Lipinski definition) is 7. The maximum atomic E-state index is 13.4. The third-order valence-corrected chi connectivity index (χ3v) is 7.27. The molecule has 3 rings (SSSR count). The number of amides is 1. The lowest BCUT2D eigenvalue weighted by Gasteiger charge is -2.28. The predicted octanol–water partition coefficient (Wildman–Crippen LogP) is 5.34. The number of unbranched alkanes of at least 4 members (excludes halogenated alkanes) is 2. The number of Topliss-reactive ketones (excluding diaryl/α,β-unsaturated/α-hetero) is 1. The van der Waals surface area contributed by atoms with Gasteiger partial charge in [0.25, 0.3) is 11.7 Å². The summed E-state index contributed by atoms with van der Waals surface area (Å²) in [6.07, 6.45) is 3.11. The van der Waals surface area contributed by atoms with Crippen LogP contribution in [-0.4, -0.2) is 73.6 Å². The number of rotatable bonds is 14. The van der Waals surface area contributed by atoms with Gasteiger partial charge in [0.2, 0.25) is 0 Å². The first kappa shape index (κ1) is 30.0. The van der Waals surface area contributed by atoms with Crippen LogP contribution < -0.4 is 14.2 Å². The number of hydrogen-bond donors (Lipinski definition) is 1. The van der Waals surface area contributed by atoms with Crippen LogP contribution in [-0.2, 0) is 9.59 Å². The van der Waals surface area contributed by atoms with Crippen molar-refractivity contribution >= 4 is 17.4 Å². The van der Waals surface area contributed by atoms with E-state index in [2.05, 4.69) is 25.7 Å². The molecule has 1 saturated heterocycles. The highest BCUT2D eigenvalue weighted by molar-refractivity contribution is 6.46. The van der Waals surface area contributed by atoms with Gasteiger partial charge in [0.15, 0.2) is 11.5 Å². The number of carbonyl (C=O) groups excluding carboxylic acids is 2. The average Bonchev–Trinajstić information content (AvgIpc) is 3.20. The van der Waals surface area contributed by atoms with E-state index in [1.807, 2.05) is 19.1 Å². The Kier molecular flexibility index (Phi) is 10.8. The van der Waals surface area contributed by atoms with Crippen molar-refractivity contribution < 1.29 is 28.9 Å². The SMILES string of the molecule is CCCCCOc1ccc(C2C(=C(O)c3ccc(OC)c(C)c3)C(=O)C(=O)N2CCN(CC)CC)cc1OC. The topological polar surface area (TPSA) is 88.5 Å². The summed E-state index contributed by atoms with van der Waals surface area (Å²) in [4.78, 5) is 30.5. The maximum absolute atomic E-state index is 13.4. The molecule has 0 bridgehead atoms. The molecule has 1 aliphatic rings. The highest BCUT2D eigenvalue weighted by Gasteiger charge is 2.46. The molecule has 39 heavy (non-hydrogen) atoms. The van der Waals surface area contributed by atoms with E-state index in [4.69, 9.17) is 14.2 Å². The summed E-state index contributed by atoms with van der Waals surface area (Å²) in [5.74, 6) is 0.236. The smallest absolute Gasteiger partial charge is 0.295 e. The van der Waals surface area contributed by atoms with Crippen LogP contribution in [0.5, 0.6) is 17.2 Å². The van der Waals surface area contributed by atoms with Crippen molar-refractivity contribution in [3.8, 4) is 17.2 Å². The Morgan fingerprint density at radius 2 is 1.64 bits per heavy atom. The molecule has 1 N–H and O–H groups in total. The van der Waals surface area contributed by atoms with Gasteiger partial charge in [0.05, 0.1) is 32.4 Å². The first-order valence-electron chi connectivity index (χ1n) is 13.8. The van der Waals surface area contributed by atoms with Crippen molar-refractivity contribution in [3.05, 3.63) is 58.7 Å². The van der Waals surface area contributed by atoms with Crippen LogP contribution in [0.1, 0.15) is 62.8 Å². The molecule has 1 unspecified atom stereocenters. The van der Waals surface area contributed by atoms with E-state index in [1.165, 1.54) is 0 Å². The van der Waals surface area contributed by atoms with Gasteiger partial charge in [-0.25, -0.2) is 0 Å². The minimum Gasteiger partial charge on any atom is -0.507 e. The monoisotopic (exact) mass is 538 g/mol. The van der Waals surface area contributed by atoms with E-state index in [0.717, 1.165) is 37.9 Å². The number of methoxy groups -OCH3 is 2. The van der Waals surface area contributed by atoms with Gasteiger partial charge >= 0.3 is 0 Å². The van der Waals surface area contributed by atoms with Crippen LogP contribution in [0, 0.1) is 6.92 Å². The number of likely N-dealkylation sites (N-methyl/N-ethyl adjacent to an activating group) is 1. The highest BCUT2D eigenvalue weighted by atomic mass is 16.5. The fourth-order valence-electron chi connectivity index (χ4n) is 4.94. The van der Waals surface area contributed by atoms with E-state index in [9.17, 15) is 14.7 Å². The molecule has 2 aromatic rings. The lowest BCUT2D eigenvalue weighted by molar-refractivity contribution is -0.140. The lowest BCUT2D eigenvalue weighted by atomic mass is 9.94. The molecule has 8 heteroatoms. The number of likely N-dealkylation sites (tertiary alicyclic amines) is 1. The third-order valence-electron chi connectivity index (χ3n) is 7.27. The van der Waals surface area contributed by atoms with Gasteiger partial charge in [-0.15, -0.1) is 0 Å². The summed E-state index contributed by atoms with van der Waals surface area (Å²) in [7, 11) is 3.14. The molecule has 212 valence electrons. The number of benzene rings is 2. The normalized spacial score (nSPS) is 16.7. The zero-order chi connectivity index (χ0) is 28.5. The Bertz CT molecular complexity index is 1190. The fourth-order valence-corrected chi connectivity index (χ4v) is 4.94. The van der Waals surface area contributed by atoms with Crippen molar-refractivity contribution in [3.63, 3.8) is 0 Å². The van der Waals surface area contributed by atoms with Gasteiger partial charge in [0.1, 0.15) is 11.5 Å². The van der Waals surface area contributed by atoms with Gasteiger partial charge in [-0.2, -0.15) is 0 Å². The van der Waals surface area contributed by atoms with Crippen LogP contribution in [0.2, 0.25) is 0 Å². The van der Waals surface area contributed by atoms with Crippen LogP contribution in [0.15, 0.2) is 42.0 Å². The molecule has 8 nitrogen and oxygen atoms in total. The number of aliphatic hydroxyl groups excluding tert-OH is 1. The second kappa shape index (κ2) is 14.0. The summed E-state index contributed by atoms with van der Waals surface area (Å²) in [5, 5.41) is 11.4. The first-order valence-corrected chi connectivity index (χ1v) is 13.8. The minimum absolute atomic E-state index is 0.0581. The average molecular weight is 539 g/mol. The van der Waals surface area contributed by atoms with E-state index >= 15 is 0 Å². The standard InChI is InChI=1S/C31H42N2O6/c1-7-10-11-18-39-25-15-12-22(20-26(25)38-6)28-27(29(34)23-13-14-24(37-5)21(4)19-23)30(35)31(36)33(28)17-16-32(8-2)9-3/h12-15,19-20,28,34H,7-11,16-18H2,1-6H3. The molecular formula is C31H42N2O6. The molecule has 1 amide bonds. The number of ketones is 1. The van der Waals surface area contributed by atoms with Gasteiger partial charge in [-0.3, -0.25) is 9.59 Å². The van der Waals surface area contributed by atoms with Crippen molar-refractivity contribution in [1.82, 2.24) is 9.80 Å². The van der Waals surface area contributed by atoms with Gasteiger partial charge in [0, 0.05) is 18.7 Å². The Balaban J connectivity index is 2.09. The Hall–Kier alpha value is -3.52. The number of aryl methyl sites for hydroxylation is 1. The number of aliphatic hydroxyl groups is 1. The van der Waals surface area contributed by atoms with Gasteiger partial charge in [-0.1, -0.05) is 39.7 Å². The minimum atomic E-state index is -0.772. The zero-order valence-electron chi connectivity index (χ0n) is 24.1.